The van der Waals surface area contributed by atoms with E-state index in [0.717, 1.165) is 0 Å². The second kappa shape index (κ2) is 8.03. The first-order valence-electron chi connectivity index (χ1n) is 6.05. The SMILES string of the molecule is [C-]#[N+]C(=C)C(=O)OCc1ccc(COC(=O)C(=C)C#N)cc1. The summed E-state index contributed by atoms with van der Waals surface area (Å²) in [4.78, 5) is 25.4. The predicted octanol–water partition coefficient (Wildman–Crippen LogP) is 2.29. The molecule has 0 aliphatic carbocycles. The molecular weight excluding hydrogens is 284 g/mol. The summed E-state index contributed by atoms with van der Waals surface area (Å²) in [5.74, 6) is -1.53. The normalized spacial score (nSPS) is 9.00. The highest BCUT2D eigenvalue weighted by atomic mass is 16.5. The minimum absolute atomic E-state index is 0.00807. The average molecular weight is 296 g/mol. The molecule has 0 aliphatic rings. The van der Waals surface area contributed by atoms with Crippen LogP contribution < -0.4 is 0 Å². The van der Waals surface area contributed by atoms with Gasteiger partial charge in [0.15, 0.2) is 0 Å². The number of hydrogen-bond acceptors (Lipinski definition) is 5. The summed E-state index contributed by atoms with van der Waals surface area (Å²) in [6.45, 7) is 13.2. The van der Waals surface area contributed by atoms with Gasteiger partial charge in [-0.1, -0.05) is 37.4 Å². The third kappa shape index (κ3) is 4.95. The Morgan fingerprint density at radius 2 is 1.55 bits per heavy atom. The van der Waals surface area contributed by atoms with Crippen LogP contribution >= 0.6 is 0 Å². The lowest BCUT2D eigenvalue weighted by Crippen LogP contribution is -2.06. The van der Waals surface area contributed by atoms with Gasteiger partial charge in [-0.25, -0.2) is 9.64 Å². The van der Waals surface area contributed by atoms with Crippen molar-refractivity contribution in [2.75, 3.05) is 0 Å². The Morgan fingerprint density at radius 1 is 1.09 bits per heavy atom. The van der Waals surface area contributed by atoms with Crippen LogP contribution in [0.1, 0.15) is 11.1 Å². The summed E-state index contributed by atoms with van der Waals surface area (Å²) in [7, 11) is 0. The zero-order valence-corrected chi connectivity index (χ0v) is 11.7. The highest BCUT2D eigenvalue weighted by molar-refractivity contribution is 5.91. The first kappa shape index (κ1) is 16.7. The lowest BCUT2D eigenvalue weighted by molar-refractivity contribution is -0.140. The Labute approximate surface area is 127 Å². The third-order valence-electron chi connectivity index (χ3n) is 2.51. The number of carbonyl (C=O) groups excluding carboxylic acids is 2. The van der Waals surface area contributed by atoms with Gasteiger partial charge in [0.05, 0.1) is 6.57 Å². The maximum atomic E-state index is 11.3. The molecular formula is C16H12N2O4. The van der Waals surface area contributed by atoms with Gasteiger partial charge < -0.3 is 9.47 Å². The van der Waals surface area contributed by atoms with Crippen LogP contribution in [0.3, 0.4) is 0 Å². The monoisotopic (exact) mass is 296 g/mol. The fraction of sp³-hybridized carbons (Fsp3) is 0.125. The van der Waals surface area contributed by atoms with Gasteiger partial charge in [-0.2, -0.15) is 5.26 Å². The molecule has 0 bridgehead atoms. The van der Waals surface area contributed by atoms with Gasteiger partial charge in [-0.15, -0.1) is 0 Å². The quantitative estimate of drug-likeness (QED) is 0.348. The molecule has 0 atom stereocenters. The molecule has 0 saturated heterocycles. The first-order valence-corrected chi connectivity index (χ1v) is 6.05. The summed E-state index contributed by atoms with van der Waals surface area (Å²) in [6, 6.07) is 8.37. The first-order chi connectivity index (χ1) is 10.5. The Hall–Kier alpha value is -3.38. The van der Waals surface area contributed by atoms with E-state index in [-0.39, 0.29) is 24.5 Å². The van der Waals surface area contributed by atoms with Gasteiger partial charge in [0.2, 0.25) is 0 Å². The Morgan fingerprint density at radius 3 is 1.95 bits per heavy atom. The summed E-state index contributed by atoms with van der Waals surface area (Å²) in [6.07, 6.45) is 0. The van der Waals surface area contributed by atoms with Crippen molar-refractivity contribution in [3.05, 3.63) is 71.2 Å². The summed E-state index contributed by atoms with van der Waals surface area (Å²) in [5.41, 5.74) is 0.882. The molecule has 1 aromatic carbocycles. The van der Waals surface area contributed by atoms with Crippen LogP contribution in [0, 0.1) is 17.9 Å². The van der Waals surface area contributed by atoms with Gasteiger partial charge in [-0.3, -0.25) is 4.79 Å². The van der Waals surface area contributed by atoms with E-state index in [4.69, 9.17) is 21.3 Å². The molecule has 0 spiro atoms. The number of benzene rings is 1. The van der Waals surface area contributed by atoms with Crippen LogP contribution in [-0.4, -0.2) is 11.9 Å². The Bertz CT molecular complexity index is 629. The summed E-state index contributed by atoms with van der Waals surface area (Å²) < 4.78 is 9.75. The molecule has 0 amide bonds. The van der Waals surface area contributed by atoms with Crippen LogP contribution in [0.5, 0.6) is 0 Å². The molecule has 0 unspecified atom stereocenters. The number of ether oxygens (including phenoxy) is 2. The maximum Gasteiger partial charge on any atom is 0.348 e. The van der Waals surface area contributed by atoms with Crippen LogP contribution in [0.2, 0.25) is 0 Å². The van der Waals surface area contributed by atoms with Crippen LogP contribution in [-0.2, 0) is 32.3 Å². The van der Waals surface area contributed by atoms with Crippen molar-refractivity contribution in [1.82, 2.24) is 0 Å². The zero-order valence-electron chi connectivity index (χ0n) is 11.7. The number of esters is 2. The molecule has 22 heavy (non-hydrogen) atoms. The average Bonchev–Trinajstić information content (AvgIpc) is 2.56. The number of nitriles is 1. The third-order valence-corrected chi connectivity index (χ3v) is 2.51. The number of hydrogen-bond donors (Lipinski definition) is 0. The molecule has 0 saturated carbocycles. The van der Waals surface area contributed by atoms with E-state index < -0.39 is 11.9 Å². The molecule has 6 nitrogen and oxygen atoms in total. The van der Waals surface area contributed by atoms with Crippen molar-refractivity contribution in [3.8, 4) is 6.07 Å². The molecule has 0 aliphatic heterocycles. The molecule has 6 heteroatoms. The highest BCUT2D eigenvalue weighted by Crippen LogP contribution is 2.09. The van der Waals surface area contributed by atoms with Crippen LogP contribution in [0.25, 0.3) is 4.85 Å². The lowest BCUT2D eigenvalue weighted by Gasteiger charge is -2.06. The van der Waals surface area contributed by atoms with Crippen molar-refractivity contribution in [1.29, 1.82) is 5.26 Å². The van der Waals surface area contributed by atoms with Crippen molar-refractivity contribution in [2.45, 2.75) is 13.2 Å². The van der Waals surface area contributed by atoms with E-state index in [9.17, 15) is 9.59 Å². The number of nitrogens with zero attached hydrogens (tertiary/aromatic N) is 2. The second-order valence-corrected chi connectivity index (χ2v) is 4.12. The van der Waals surface area contributed by atoms with Gasteiger partial charge in [0.1, 0.15) is 24.9 Å². The smallest absolute Gasteiger partial charge is 0.348 e. The standard InChI is InChI=1S/C16H12N2O4/c1-11(8-17)15(19)21-9-13-4-6-14(7-5-13)10-22-16(20)12(2)18-3/h4-7H,1-2,9-10H2. The number of rotatable bonds is 6. The van der Waals surface area contributed by atoms with E-state index in [1.165, 1.54) is 0 Å². The molecule has 110 valence electrons. The van der Waals surface area contributed by atoms with E-state index in [1.54, 1.807) is 30.3 Å². The molecule has 0 fully saturated rings. The van der Waals surface area contributed by atoms with Crippen molar-refractivity contribution in [2.24, 2.45) is 0 Å². The van der Waals surface area contributed by atoms with Crippen molar-refractivity contribution in [3.63, 3.8) is 0 Å². The van der Waals surface area contributed by atoms with Crippen molar-refractivity contribution < 1.29 is 19.1 Å². The van der Waals surface area contributed by atoms with Gasteiger partial charge in [-0.05, 0) is 11.1 Å². The van der Waals surface area contributed by atoms with Gasteiger partial charge in [0, 0.05) is 0 Å². The van der Waals surface area contributed by atoms with Crippen molar-refractivity contribution >= 4 is 11.9 Å². The topological polar surface area (TPSA) is 80.8 Å². The minimum Gasteiger partial charge on any atom is -0.466 e. The lowest BCUT2D eigenvalue weighted by atomic mass is 10.1. The molecule has 1 aromatic rings. The Kier molecular flexibility index (Phi) is 6.09. The number of carbonyl (C=O) groups is 2. The fourth-order valence-electron chi connectivity index (χ4n) is 1.29. The Balaban J connectivity index is 2.50. The van der Waals surface area contributed by atoms with E-state index in [1.807, 2.05) is 0 Å². The van der Waals surface area contributed by atoms with Gasteiger partial charge >= 0.3 is 11.9 Å². The minimum atomic E-state index is -0.766. The fourth-order valence-corrected chi connectivity index (χ4v) is 1.29. The van der Waals surface area contributed by atoms with E-state index in [0.29, 0.717) is 11.1 Å². The largest absolute Gasteiger partial charge is 0.466 e. The molecule has 0 radical (unpaired) electrons. The zero-order chi connectivity index (χ0) is 16.5. The van der Waals surface area contributed by atoms with E-state index >= 15 is 0 Å². The maximum absolute atomic E-state index is 11.3. The summed E-state index contributed by atoms with van der Waals surface area (Å²) >= 11 is 0. The molecule has 1 rings (SSSR count). The van der Waals surface area contributed by atoms with Crippen LogP contribution in [0.4, 0.5) is 0 Å². The highest BCUT2D eigenvalue weighted by Gasteiger charge is 2.09. The predicted molar refractivity (Wildman–Crippen MR) is 76.5 cm³/mol. The molecule has 0 aromatic heterocycles. The van der Waals surface area contributed by atoms with Crippen LogP contribution in [0.15, 0.2) is 48.7 Å². The molecule has 0 N–H and O–H groups in total. The summed E-state index contributed by atoms with van der Waals surface area (Å²) in [5, 5.41) is 8.48. The molecule has 0 heterocycles. The van der Waals surface area contributed by atoms with Gasteiger partial charge in [0.25, 0.3) is 5.70 Å². The second-order valence-electron chi connectivity index (χ2n) is 4.12. The van der Waals surface area contributed by atoms with E-state index in [2.05, 4.69) is 18.0 Å².